The van der Waals surface area contributed by atoms with Gasteiger partial charge < -0.3 is 4.84 Å². The maximum Gasteiger partial charge on any atom is 0.331 e. The van der Waals surface area contributed by atoms with Crippen molar-refractivity contribution in [3.05, 3.63) is 71.8 Å². The molecule has 0 heterocycles. The average Bonchev–Trinajstić information content (AvgIpc) is 2.53. The Balaban J connectivity index is 2.45. The summed E-state index contributed by atoms with van der Waals surface area (Å²) in [6, 6.07) is 20.3. The lowest BCUT2D eigenvalue weighted by Gasteiger charge is -2.19. The Labute approximate surface area is 125 Å². The highest BCUT2D eigenvalue weighted by Gasteiger charge is 2.20. The molecule has 0 bridgehead atoms. The summed E-state index contributed by atoms with van der Waals surface area (Å²) in [7, 11) is 0. The van der Waals surface area contributed by atoms with Gasteiger partial charge >= 0.3 is 5.97 Å². The predicted molar refractivity (Wildman–Crippen MR) is 84.2 cm³/mol. The van der Waals surface area contributed by atoms with Crippen LogP contribution in [0.2, 0.25) is 0 Å². The molecule has 0 amide bonds. The average molecular weight is 281 g/mol. The topological polar surface area (TPSA) is 38.7 Å². The lowest BCUT2D eigenvalue weighted by molar-refractivity contribution is -0.140. The second kappa shape index (κ2) is 7.39. The molecular weight excluding hydrogens is 262 g/mol. The molecule has 0 saturated carbocycles. The van der Waals surface area contributed by atoms with Gasteiger partial charge in [-0.05, 0) is 17.5 Å². The molecule has 0 aliphatic carbocycles. The summed E-state index contributed by atoms with van der Waals surface area (Å²) in [4.78, 5) is 15.9. The van der Waals surface area contributed by atoms with Crippen molar-refractivity contribution in [2.24, 2.45) is 5.16 Å². The van der Waals surface area contributed by atoms with E-state index in [4.69, 9.17) is 4.84 Å². The first kappa shape index (κ1) is 15.0. The first-order chi connectivity index (χ1) is 10.2. The molecule has 21 heavy (non-hydrogen) atoms. The molecule has 108 valence electrons. The fourth-order valence-corrected chi connectivity index (χ4v) is 2.31. The number of rotatable bonds is 5. The zero-order valence-electron chi connectivity index (χ0n) is 12.3. The van der Waals surface area contributed by atoms with Gasteiger partial charge in [-0.3, -0.25) is 0 Å². The number of hydrogen-bond acceptors (Lipinski definition) is 3. The summed E-state index contributed by atoms with van der Waals surface area (Å²) in [6.07, 6.45) is 0.710. The van der Waals surface area contributed by atoms with E-state index in [-0.39, 0.29) is 5.92 Å². The number of benzene rings is 2. The lowest BCUT2D eigenvalue weighted by Crippen LogP contribution is -2.14. The molecule has 2 aromatic rings. The van der Waals surface area contributed by atoms with Crippen LogP contribution in [-0.2, 0) is 9.63 Å². The van der Waals surface area contributed by atoms with Crippen LogP contribution in [0, 0.1) is 0 Å². The van der Waals surface area contributed by atoms with Crippen molar-refractivity contribution in [1.82, 2.24) is 0 Å². The highest BCUT2D eigenvalue weighted by atomic mass is 16.7. The van der Waals surface area contributed by atoms with Crippen molar-refractivity contribution in [2.45, 2.75) is 26.2 Å². The van der Waals surface area contributed by atoms with E-state index in [0.717, 1.165) is 16.8 Å². The Hall–Kier alpha value is -2.42. The van der Waals surface area contributed by atoms with E-state index >= 15 is 0 Å². The zero-order chi connectivity index (χ0) is 15.1. The molecule has 2 aromatic carbocycles. The molecule has 0 N–H and O–H groups in total. The van der Waals surface area contributed by atoms with Crippen LogP contribution in [0.4, 0.5) is 0 Å². The van der Waals surface area contributed by atoms with Gasteiger partial charge in [-0.2, -0.15) is 0 Å². The van der Waals surface area contributed by atoms with Gasteiger partial charge in [-0.1, -0.05) is 72.7 Å². The smallest absolute Gasteiger partial charge is 0.319 e. The van der Waals surface area contributed by atoms with E-state index in [0.29, 0.717) is 6.42 Å². The summed E-state index contributed by atoms with van der Waals surface area (Å²) in [5.41, 5.74) is 3.11. The number of nitrogens with zero attached hydrogens (tertiary/aromatic N) is 1. The number of hydrogen-bond donors (Lipinski definition) is 0. The number of carbonyl (C=O) groups is 1. The maximum absolute atomic E-state index is 11.0. The molecule has 0 unspecified atom stereocenters. The van der Waals surface area contributed by atoms with Crippen molar-refractivity contribution in [1.29, 1.82) is 0 Å². The lowest BCUT2D eigenvalue weighted by atomic mass is 9.86. The van der Waals surface area contributed by atoms with Crippen molar-refractivity contribution >= 4 is 11.7 Å². The van der Waals surface area contributed by atoms with E-state index < -0.39 is 5.97 Å². The van der Waals surface area contributed by atoms with Crippen LogP contribution in [-0.4, -0.2) is 11.7 Å². The minimum absolute atomic E-state index is 0.00301. The summed E-state index contributed by atoms with van der Waals surface area (Å²) in [5, 5.41) is 4.06. The molecule has 3 nitrogen and oxygen atoms in total. The monoisotopic (exact) mass is 281 g/mol. The summed E-state index contributed by atoms with van der Waals surface area (Å²) in [6.45, 7) is 3.37. The van der Waals surface area contributed by atoms with Gasteiger partial charge in [0.2, 0.25) is 0 Å². The first-order valence-electron chi connectivity index (χ1n) is 7.06. The van der Waals surface area contributed by atoms with E-state index in [1.54, 1.807) is 0 Å². The zero-order valence-corrected chi connectivity index (χ0v) is 12.3. The number of carbonyl (C=O) groups excluding carboxylic acids is 1. The van der Waals surface area contributed by atoms with Crippen LogP contribution in [0.25, 0.3) is 0 Å². The van der Waals surface area contributed by atoms with Crippen LogP contribution >= 0.6 is 0 Å². The molecule has 0 aliphatic rings. The molecule has 2 rings (SSSR count). The molecule has 0 spiro atoms. The van der Waals surface area contributed by atoms with Crippen molar-refractivity contribution in [3.8, 4) is 0 Å². The Morgan fingerprint density at radius 3 is 1.86 bits per heavy atom. The molecular formula is C18H19NO2. The summed E-state index contributed by atoms with van der Waals surface area (Å²) in [5.74, 6) is -0.405. The van der Waals surface area contributed by atoms with Crippen LogP contribution in [0.5, 0.6) is 0 Å². The fraction of sp³-hybridized carbons (Fsp3) is 0.222. The quantitative estimate of drug-likeness (QED) is 0.469. The molecule has 0 radical (unpaired) electrons. The summed E-state index contributed by atoms with van der Waals surface area (Å²) >= 11 is 0. The molecule has 0 aliphatic heterocycles. The van der Waals surface area contributed by atoms with Gasteiger partial charge in [0.25, 0.3) is 0 Å². The van der Waals surface area contributed by atoms with Crippen molar-refractivity contribution in [2.75, 3.05) is 0 Å². The van der Waals surface area contributed by atoms with Crippen LogP contribution in [0.3, 0.4) is 0 Å². The molecule has 3 heteroatoms. The van der Waals surface area contributed by atoms with Gasteiger partial charge in [0.1, 0.15) is 0 Å². The van der Waals surface area contributed by atoms with Gasteiger partial charge in [-0.15, -0.1) is 0 Å². The molecule has 0 saturated heterocycles. The SMILES string of the molecule is CC/C(=N\OC(C)=O)C(c1ccccc1)c1ccccc1. The third kappa shape index (κ3) is 4.02. The standard InChI is InChI=1S/C18H19NO2/c1-3-17(19-21-14(2)20)18(15-10-6-4-7-11-15)16-12-8-5-9-13-16/h4-13,18H,3H2,1-2H3/b19-17+. The van der Waals surface area contributed by atoms with Crippen LogP contribution in [0.15, 0.2) is 65.8 Å². The van der Waals surface area contributed by atoms with E-state index in [1.807, 2.05) is 43.3 Å². The number of oxime groups is 1. The Morgan fingerprint density at radius 2 is 1.48 bits per heavy atom. The van der Waals surface area contributed by atoms with Gasteiger partial charge in [0.15, 0.2) is 0 Å². The largest absolute Gasteiger partial charge is 0.331 e. The van der Waals surface area contributed by atoms with Crippen LogP contribution in [0.1, 0.15) is 37.3 Å². The van der Waals surface area contributed by atoms with Crippen molar-refractivity contribution < 1.29 is 9.63 Å². The Bertz CT molecular complexity index is 566. The normalized spacial score (nSPS) is 11.5. The van der Waals surface area contributed by atoms with Crippen molar-refractivity contribution in [3.63, 3.8) is 0 Å². The molecule has 0 fully saturated rings. The van der Waals surface area contributed by atoms with Gasteiger partial charge in [0, 0.05) is 6.92 Å². The van der Waals surface area contributed by atoms with E-state index in [2.05, 4.69) is 29.4 Å². The maximum atomic E-state index is 11.0. The van der Waals surface area contributed by atoms with E-state index in [1.165, 1.54) is 6.92 Å². The minimum atomic E-state index is -0.402. The highest BCUT2D eigenvalue weighted by molar-refractivity contribution is 5.93. The Kier molecular flexibility index (Phi) is 5.27. The third-order valence-corrected chi connectivity index (χ3v) is 3.25. The summed E-state index contributed by atoms with van der Waals surface area (Å²) < 4.78 is 0. The molecule has 0 atom stereocenters. The fourth-order valence-electron chi connectivity index (χ4n) is 2.31. The highest BCUT2D eigenvalue weighted by Crippen LogP contribution is 2.27. The second-order valence-electron chi connectivity index (χ2n) is 4.77. The first-order valence-corrected chi connectivity index (χ1v) is 7.06. The third-order valence-electron chi connectivity index (χ3n) is 3.25. The van der Waals surface area contributed by atoms with Crippen LogP contribution < -0.4 is 0 Å². The van der Waals surface area contributed by atoms with E-state index in [9.17, 15) is 4.79 Å². The van der Waals surface area contributed by atoms with Gasteiger partial charge in [0.05, 0.1) is 11.6 Å². The minimum Gasteiger partial charge on any atom is -0.319 e. The molecule has 0 aromatic heterocycles. The van der Waals surface area contributed by atoms with Gasteiger partial charge in [-0.25, -0.2) is 4.79 Å². The second-order valence-corrected chi connectivity index (χ2v) is 4.77. The Morgan fingerprint density at radius 1 is 1.00 bits per heavy atom. The predicted octanol–water partition coefficient (Wildman–Crippen LogP) is 4.15.